The second kappa shape index (κ2) is 5.37. The highest BCUT2D eigenvalue weighted by Gasteiger charge is 2.32. The van der Waals surface area contributed by atoms with Gasteiger partial charge in [0.25, 0.3) is 0 Å². The lowest BCUT2D eigenvalue weighted by molar-refractivity contribution is -0.137. The Morgan fingerprint density at radius 2 is 2.05 bits per heavy atom. The number of hydrogen-bond donors (Lipinski definition) is 1. The Balaban J connectivity index is 2.05. The summed E-state index contributed by atoms with van der Waals surface area (Å²) in [5, 5.41) is 0. The van der Waals surface area contributed by atoms with Crippen LogP contribution in [0.1, 0.15) is 37.4 Å². The van der Waals surface area contributed by atoms with Crippen molar-refractivity contribution in [1.82, 2.24) is 4.90 Å². The van der Waals surface area contributed by atoms with Crippen molar-refractivity contribution in [2.45, 2.75) is 32.5 Å². The first kappa shape index (κ1) is 15.3. The monoisotopic (exact) mass is 286 g/mol. The van der Waals surface area contributed by atoms with Gasteiger partial charge in [-0.1, -0.05) is 26.0 Å². The van der Waals surface area contributed by atoms with E-state index in [2.05, 4.69) is 18.7 Å². The zero-order valence-electron chi connectivity index (χ0n) is 11.9. The van der Waals surface area contributed by atoms with Crippen LogP contribution in [-0.2, 0) is 6.18 Å². The molecule has 5 heteroatoms. The molecule has 2 nitrogen and oxygen atoms in total. The van der Waals surface area contributed by atoms with E-state index in [0.717, 1.165) is 31.6 Å². The second-order valence-electron chi connectivity index (χ2n) is 6.38. The average molecular weight is 286 g/mol. The molecule has 1 aliphatic rings. The van der Waals surface area contributed by atoms with E-state index in [0.29, 0.717) is 12.1 Å². The van der Waals surface area contributed by atoms with Crippen molar-refractivity contribution in [3.05, 3.63) is 35.4 Å². The molecule has 0 amide bonds. The number of hydrogen-bond acceptors (Lipinski definition) is 2. The number of rotatable bonds is 3. The van der Waals surface area contributed by atoms with E-state index in [4.69, 9.17) is 5.73 Å². The van der Waals surface area contributed by atoms with Crippen molar-refractivity contribution >= 4 is 0 Å². The van der Waals surface area contributed by atoms with Crippen LogP contribution in [0.2, 0.25) is 0 Å². The molecule has 20 heavy (non-hydrogen) atoms. The van der Waals surface area contributed by atoms with Crippen LogP contribution in [0.3, 0.4) is 0 Å². The van der Waals surface area contributed by atoms with E-state index in [1.54, 1.807) is 6.07 Å². The van der Waals surface area contributed by atoms with E-state index in [9.17, 15) is 13.2 Å². The number of halogens is 3. The van der Waals surface area contributed by atoms with Gasteiger partial charge in [-0.05, 0) is 36.1 Å². The molecule has 0 bridgehead atoms. The lowest BCUT2D eigenvalue weighted by Gasteiger charge is -2.23. The van der Waals surface area contributed by atoms with Crippen LogP contribution in [0.5, 0.6) is 0 Å². The van der Waals surface area contributed by atoms with E-state index in [1.165, 1.54) is 6.07 Å². The molecule has 0 saturated carbocycles. The van der Waals surface area contributed by atoms with Gasteiger partial charge in [0.15, 0.2) is 0 Å². The van der Waals surface area contributed by atoms with Gasteiger partial charge >= 0.3 is 6.18 Å². The van der Waals surface area contributed by atoms with Gasteiger partial charge in [0.2, 0.25) is 0 Å². The molecule has 1 heterocycles. The van der Waals surface area contributed by atoms with Crippen LogP contribution in [0.25, 0.3) is 0 Å². The van der Waals surface area contributed by atoms with E-state index < -0.39 is 11.7 Å². The summed E-state index contributed by atoms with van der Waals surface area (Å²) in [5.74, 6) is 0. The lowest BCUT2D eigenvalue weighted by atomic mass is 9.93. The molecule has 0 aliphatic carbocycles. The van der Waals surface area contributed by atoms with Crippen molar-refractivity contribution in [2.24, 2.45) is 11.1 Å². The Labute approximate surface area is 117 Å². The molecule has 0 spiro atoms. The number of benzene rings is 1. The first-order valence-corrected chi connectivity index (χ1v) is 6.82. The number of alkyl halides is 3. The molecule has 0 radical (unpaired) electrons. The first-order valence-electron chi connectivity index (χ1n) is 6.82. The third-order valence-corrected chi connectivity index (χ3v) is 3.85. The summed E-state index contributed by atoms with van der Waals surface area (Å²) in [6.45, 7) is 6.90. The number of likely N-dealkylation sites (tertiary alicyclic amines) is 1. The van der Waals surface area contributed by atoms with Gasteiger partial charge in [-0.15, -0.1) is 0 Å². The second-order valence-corrected chi connectivity index (χ2v) is 6.38. The summed E-state index contributed by atoms with van der Waals surface area (Å²) >= 11 is 0. The topological polar surface area (TPSA) is 29.3 Å². The fourth-order valence-electron chi connectivity index (χ4n) is 2.71. The molecule has 2 N–H and O–H groups in total. The van der Waals surface area contributed by atoms with Crippen LogP contribution in [0, 0.1) is 5.41 Å². The molecule has 1 fully saturated rings. The number of nitrogens with zero attached hydrogens (tertiary/aromatic N) is 1. The molecule has 1 atom stereocenters. The van der Waals surface area contributed by atoms with Crippen LogP contribution >= 0.6 is 0 Å². The van der Waals surface area contributed by atoms with Crippen LogP contribution in [0.4, 0.5) is 13.2 Å². The third-order valence-electron chi connectivity index (χ3n) is 3.85. The predicted octanol–water partition coefficient (Wildman–Crippen LogP) is 3.44. The highest BCUT2D eigenvalue weighted by atomic mass is 19.4. The molecule has 1 aromatic rings. The highest BCUT2D eigenvalue weighted by molar-refractivity contribution is 5.28. The standard InChI is InChI=1S/C15H21F3N2/c1-14(2)6-7-20(10-14)9-13(19)11-4-3-5-12(8-11)15(16,17)18/h3-5,8,13H,6-7,9-10,19H2,1-2H3. The van der Waals surface area contributed by atoms with Crippen molar-refractivity contribution < 1.29 is 13.2 Å². The van der Waals surface area contributed by atoms with Crippen molar-refractivity contribution in [2.75, 3.05) is 19.6 Å². The Bertz CT molecular complexity index is 468. The lowest BCUT2D eigenvalue weighted by Crippen LogP contribution is -2.31. The maximum absolute atomic E-state index is 12.7. The molecule has 1 saturated heterocycles. The van der Waals surface area contributed by atoms with Gasteiger partial charge in [0.1, 0.15) is 0 Å². The Hall–Kier alpha value is -1.07. The fourth-order valence-corrected chi connectivity index (χ4v) is 2.71. The van der Waals surface area contributed by atoms with Crippen molar-refractivity contribution in [1.29, 1.82) is 0 Å². The maximum Gasteiger partial charge on any atom is 0.416 e. The highest BCUT2D eigenvalue weighted by Crippen LogP contribution is 2.32. The Morgan fingerprint density at radius 3 is 2.60 bits per heavy atom. The van der Waals surface area contributed by atoms with Gasteiger partial charge in [0.05, 0.1) is 5.56 Å². The molecular formula is C15H21F3N2. The van der Waals surface area contributed by atoms with E-state index in [1.807, 2.05) is 0 Å². The minimum Gasteiger partial charge on any atom is -0.323 e. The SMILES string of the molecule is CC1(C)CCN(CC(N)c2cccc(C(F)(F)F)c2)C1. The molecule has 0 aromatic heterocycles. The zero-order valence-corrected chi connectivity index (χ0v) is 11.9. The molecule has 1 unspecified atom stereocenters. The molecular weight excluding hydrogens is 265 g/mol. The van der Waals surface area contributed by atoms with Gasteiger partial charge < -0.3 is 10.6 Å². The summed E-state index contributed by atoms with van der Waals surface area (Å²) in [5.41, 5.74) is 6.25. The fraction of sp³-hybridized carbons (Fsp3) is 0.600. The van der Waals surface area contributed by atoms with Gasteiger partial charge in [-0.2, -0.15) is 13.2 Å². The summed E-state index contributed by atoms with van der Waals surface area (Å²) in [6, 6.07) is 4.94. The Morgan fingerprint density at radius 1 is 1.35 bits per heavy atom. The average Bonchev–Trinajstić information content (AvgIpc) is 2.68. The summed E-state index contributed by atoms with van der Waals surface area (Å²) < 4.78 is 38.1. The minimum atomic E-state index is -4.31. The molecule has 2 rings (SSSR count). The van der Waals surface area contributed by atoms with Crippen LogP contribution in [-0.4, -0.2) is 24.5 Å². The largest absolute Gasteiger partial charge is 0.416 e. The predicted molar refractivity (Wildman–Crippen MR) is 73.2 cm³/mol. The Kier molecular flexibility index (Phi) is 4.12. The zero-order chi connectivity index (χ0) is 15.0. The normalized spacial score (nSPS) is 21.1. The smallest absolute Gasteiger partial charge is 0.323 e. The summed E-state index contributed by atoms with van der Waals surface area (Å²) in [4.78, 5) is 2.23. The van der Waals surface area contributed by atoms with Gasteiger partial charge in [-0.3, -0.25) is 0 Å². The molecule has 112 valence electrons. The van der Waals surface area contributed by atoms with Crippen LogP contribution < -0.4 is 5.73 Å². The third kappa shape index (κ3) is 3.73. The van der Waals surface area contributed by atoms with Gasteiger partial charge in [0, 0.05) is 19.1 Å². The molecule has 1 aliphatic heterocycles. The molecule has 1 aromatic carbocycles. The number of nitrogens with two attached hydrogens (primary N) is 1. The first-order chi connectivity index (χ1) is 9.17. The summed E-state index contributed by atoms with van der Waals surface area (Å²) in [7, 11) is 0. The maximum atomic E-state index is 12.7. The van der Waals surface area contributed by atoms with Gasteiger partial charge in [-0.25, -0.2) is 0 Å². The van der Waals surface area contributed by atoms with Crippen molar-refractivity contribution in [3.8, 4) is 0 Å². The quantitative estimate of drug-likeness (QED) is 0.922. The van der Waals surface area contributed by atoms with Crippen LogP contribution in [0.15, 0.2) is 24.3 Å². The van der Waals surface area contributed by atoms with E-state index in [-0.39, 0.29) is 11.5 Å². The summed E-state index contributed by atoms with van der Waals surface area (Å²) in [6.07, 6.45) is -3.21. The van der Waals surface area contributed by atoms with E-state index >= 15 is 0 Å². The van der Waals surface area contributed by atoms with Crippen molar-refractivity contribution in [3.63, 3.8) is 0 Å². The minimum absolute atomic E-state index is 0.271.